The van der Waals surface area contributed by atoms with Gasteiger partial charge < -0.3 is 15.8 Å². The van der Waals surface area contributed by atoms with Crippen LogP contribution in [0.15, 0.2) is 39.4 Å². The highest BCUT2D eigenvalue weighted by atomic mass is 32.1. The van der Waals surface area contributed by atoms with Crippen molar-refractivity contribution in [3.63, 3.8) is 0 Å². The fourth-order valence-corrected chi connectivity index (χ4v) is 3.93. The van der Waals surface area contributed by atoms with Crippen LogP contribution >= 0.6 is 22.7 Å². The monoisotopic (exact) mass is 405 g/mol. The van der Waals surface area contributed by atoms with Crippen LogP contribution in [0.5, 0.6) is 0 Å². The third kappa shape index (κ3) is 5.96. The van der Waals surface area contributed by atoms with E-state index in [1.165, 1.54) is 0 Å². The summed E-state index contributed by atoms with van der Waals surface area (Å²) in [6.45, 7) is 1.65. The molecular weight excluding hydrogens is 382 g/mol. The number of nitrogens with one attached hydrogen (secondary N) is 2. The number of ether oxygens (including phenoxy) is 1. The summed E-state index contributed by atoms with van der Waals surface area (Å²) in [5, 5.41) is 7.10. The number of thiazole rings is 1. The maximum Gasteiger partial charge on any atom is 0.255 e. The molecule has 9 heteroatoms. The first-order valence-electron chi connectivity index (χ1n) is 8.80. The second-order valence-electron chi connectivity index (χ2n) is 5.97. The van der Waals surface area contributed by atoms with Crippen molar-refractivity contribution < 1.29 is 4.74 Å². The summed E-state index contributed by atoms with van der Waals surface area (Å²) in [5.74, 6) is 0.450. The smallest absolute Gasteiger partial charge is 0.255 e. The number of anilines is 1. The van der Waals surface area contributed by atoms with Gasteiger partial charge in [0.15, 0.2) is 0 Å². The number of aromatic amines is 1. The molecule has 0 fully saturated rings. The molecule has 1 unspecified atom stereocenters. The normalized spacial score (nSPS) is 12.2. The topological polar surface area (TPSA) is 106 Å². The fourth-order valence-electron chi connectivity index (χ4n) is 2.61. The van der Waals surface area contributed by atoms with E-state index in [-0.39, 0.29) is 11.7 Å². The number of thiophene rings is 1. The Kier molecular flexibility index (Phi) is 7.52. The molecule has 7 nitrogen and oxygen atoms in total. The molecule has 1 atom stereocenters. The minimum atomic E-state index is -0.120. The van der Waals surface area contributed by atoms with Crippen LogP contribution in [0.4, 0.5) is 5.95 Å². The van der Waals surface area contributed by atoms with Crippen molar-refractivity contribution in [3.8, 4) is 0 Å². The van der Waals surface area contributed by atoms with E-state index in [1.54, 1.807) is 34.4 Å². The van der Waals surface area contributed by atoms with Gasteiger partial charge in [0.1, 0.15) is 6.10 Å². The second kappa shape index (κ2) is 10.3. The third-order valence-corrected chi connectivity index (χ3v) is 5.46. The summed E-state index contributed by atoms with van der Waals surface area (Å²) in [7, 11) is 0. The molecule has 0 amide bonds. The van der Waals surface area contributed by atoms with Crippen LogP contribution < -0.4 is 16.6 Å². The number of nitrogens with two attached hydrogens (primary N) is 1. The van der Waals surface area contributed by atoms with E-state index in [9.17, 15) is 4.79 Å². The van der Waals surface area contributed by atoms with Crippen molar-refractivity contribution in [2.45, 2.75) is 25.4 Å². The molecule has 0 saturated heterocycles. The number of hydrogen-bond donors (Lipinski definition) is 3. The summed E-state index contributed by atoms with van der Waals surface area (Å²) >= 11 is 3.18. The van der Waals surface area contributed by atoms with Crippen molar-refractivity contribution in [2.75, 3.05) is 25.0 Å². The van der Waals surface area contributed by atoms with E-state index < -0.39 is 0 Å². The van der Waals surface area contributed by atoms with E-state index in [0.717, 1.165) is 23.4 Å². The highest BCUT2D eigenvalue weighted by Gasteiger charge is 2.13. The van der Waals surface area contributed by atoms with Crippen LogP contribution in [0, 0.1) is 0 Å². The standard InChI is InChI=1S/C18H23N5O2S2/c19-5-1-4-16(15-11-26-12-22-15)25-7-6-20-18-21-10-13(17(24)23-18)9-14-3-2-8-27-14/h2-3,8,10-12,16H,1,4-7,9,19H2,(H2,20,21,23,24). The Hall–Kier alpha value is -2.07. The number of nitrogens with zero attached hydrogens (tertiary/aromatic N) is 2. The highest BCUT2D eigenvalue weighted by molar-refractivity contribution is 7.09. The highest BCUT2D eigenvalue weighted by Crippen LogP contribution is 2.22. The van der Waals surface area contributed by atoms with Crippen molar-refractivity contribution in [2.24, 2.45) is 5.73 Å². The first kappa shape index (κ1) is 19.7. The maximum atomic E-state index is 12.2. The Bertz CT molecular complexity index is 849. The van der Waals surface area contributed by atoms with E-state index >= 15 is 0 Å². The summed E-state index contributed by atoms with van der Waals surface area (Å²) in [5.41, 5.74) is 8.89. The quantitative estimate of drug-likeness (QED) is 0.424. The van der Waals surface area contributed by atoms with E-state index in [4.69, 9.17) is 10.5 Å². The van der Waals surface area contributed by atoms with Crippen LogP contribution in [0.25, 0.3) is 0 Å². The van der Waals surface area contributed by atoms with Gasteiger partial charge in [0.25, 0.3) is 5.56 Å². The Labute approximate surface area is 165 Å². The largest absolute Gasteiger partial charge is 0.370 e. The van der Waals surface area contributed by atoms with Crippen molar-refractivity contribution >= 4 is 28.6 Å². The summed E-state index contributed by atoms with van der Waals surface area (Å²) in [4.78, 5) is 24.7. The van der Waals surface area contributed by atoms with E-state index in [1.807, 2.05) is 22.9 Å². The van der Waals surface area contributed by atoms with Gasteiger partial charge in [0.2, 0.25) is 5.95 Å². The van der Waals surface area contributed by atoms with Crippen LogP contribution in [0.2, 0.25) is 0 Å². The predicted molar refractivity (Wildman–Crippen MR) is 110 cm³/mol. The van der Waals surface area contributed by atoms with E-state index in [0.29, 0.717) is 37.6 Å². The molecule has 0 radical (unpaired) electrons. The molecule has 0 aliphatic rings. The number of rotatable bonds is 11. The summed E-state index contributed by atoms with van der Waals surface area (Å²) in [6.07, 6.45) is 3.89. The van der Waals surface area contributed by atoms with Gasteiger partial charge in [-0.3, -0.25) is 9.78 Å². The Morgan fingerprint density at radius 2 is 2.30 bits per heavy atom. The first-order valence-corrected chi connectivity index (χ1v) is 10.6. The molecule has 0 aromatic carbocycles. The molecule has 3 aromatic rings. The average molecular weight is 406 g/mol. The van der Waals surface area contributed by atoms with Crippen molar-refractivity contribution in [3.05, 3.63) is 61.1 Å². The molecule has 0 spiro atoms. The van der Waals surface area contributed by atoms with Gasteiger partial charge in [-0.2, -0.15) is 0 Å². The lowest BCUT2D eigenvalue weighted by Gasteiger charge is -2.16. The van der Waals surface area contributed by atoms with Gasteiger partial charge in [0, 0.05) is 35.0 Å². The lowest BCUT2D eigenvalue weighted by atomic mass is 10.1. The molecule has 3 aromatic heterocycles. The zero-order chi connectivity index (χ0) is 18.9. The van der Waals surface area contributed by atoms with Crippen molar-refractivity contribution in [1.29, 1.82) is 0 Å². The molecular formula is C18H23N5O2S2. The van der Waals surface area contributed by atoms with Crippen LogP contribution in [0.3, 0.4) is 0 Å². The Balaban J connectivity index is 1.48. The van der Waals surface area contributed by atoms with E-state index in [2.05, 4.69) is 20.3 Å². The maximum absolute atomic E-state index is 12.2. The molecule has 0 saturated carbocycles. The molecule has 0 aliphatic heterocycles. The van der Waals surface area contributed by atoms with Gasteiger partial charge in [-0.15, -0.1) is 22.7 Å². The number of H-pyrrole nitrogens is 1. The second-order valence-corrected chi connectivity index (χ2v) is 7.72. The number of hydrogen-bond acceptors (Lipinski definition) is 8. The lowest BCUT2D eigenvalue weighted by molar-refractivity contribution is 0.0501. The minimum absolute atomic E-state index is 0.0539. The molecule has 3 rings (SSSR count). The van der Waals surface area contributed by atoms with Crippen LogP contribution in [-0.4, -0.2) is 34.6 Å². The number of aromatic nitrogens is 3. The van der Waals surface area contributed by atoms with Crippen LogP contribution in [-0.2, 0) is 11.2 Å². The zero-order valence-electron chi connectivity index (χ0n) is 14.9. The fraction of sp³-hybridized carbons (Fsp3) is 0.389. The average Bonchev–Trinajstić information content (AvgIpc) is 3.37. The molecule has 0 bridgehead atoms. The Morgan fingerprint density at radius 3 is 3.00 bits per heavy atom. The predicted octanol–water partition coefficient (Wildman–Crippen LogP) is 2.79. The molecule has 27 heavy (non-hydrogen) atoms. The molecule has 144 valence electrons. The molecule has 0 aliphatic carbocycles. The minimum Gasteiger partial charge on any atom is -0.370 e. The Morgan fingerprint density at radius 1 is 1.37 bits per heavy atom. The molecule has 4 N–H and O–H groups in total. The molecule has 3 heterocycles. The lowest BCUT2D eigenvalue weighted by Crippen LogP contribution is -2.19. The van der Waals surface area contributed by atoms with Gasteiger partial charge >= 0.3 is 0 Å². The van der Waals surface area contributed by atoms with Gasteiger partial charge in [0.05, 0.1) is 17.8 Å². The zero-order valence-corrected chi connectivity index (χ0v) is 16.5. The first-order chi connectivity index (χ1) is 13.3. The third-order valence-electron chi connectivity index (χ3n) is 3.98. The summed E-state index contributed by atoms with van der Waals surface area (Å²) < 4.78 is 5.94. The van der Waals surface area contributed by atoms with Crippen molar-refractivity contribution in [1.82, 2.24) is 15.0 Å². The van der Waals surface area contributed by atoms with Gasteiger partial charge in [-0.25, -0.2) is 9.97 Å². The van der Waals surface area contributed by atoms with Gasteiger partial charge in [-0.05, 0) is 30.8 Å². The summed E-state index contributed by atoms with van der Waals surface area (Å²) in [6, 6.07) is 3.99. The van der Waals surface area contributed by atoms with Crippen LogP contribution in [0.1, 0.15) is 35.1 Å². The van der Waals surface area contributed by atoms with Gasteiger partial charge in [-0.1, -0.05) is 6.07 Å². The SMILES string of the molecule is NCCCC(OCCNc1ncc(Cc2cccs2)c(=O)[nH]1)c1cscn1.